The van der Waals surface area contributed by atoms with Crippen molar-refractivity contribution in [2.45, 2.75) is 26.8 Å². The second-order valence-electron chi connectivity index (χ2n) is 4.72. The highest BCUT2D eigenvalue weighted by molar-refractivity contribution is 7.09. The van der Waals surface area contributed by atoms with E-state index >= 15 is 0 Å². The topological polar surface area (TPSA) is 54.0 Å². The summed E-state index contributed by atoms with van der Waals surface area (Å²) < 4.78 is 13.8. The molecule has 0 aliphatic carbocycles. The molecule has 0 saturated heterocycles. The number of hydrogen-bond donors (Lipinski definition) is 2. The highest BCUT2D eigenvalue weighted by atomic mass is 32.1. The van der Waals surface area contributed by atoms with Crippen molar-refractivity contribution in [3.05, 3.63) is 45.7 Å². The first-order valence-corrected chi connectivity index (χ1v) is 7.66. The molecule has 2 N–H and O–H groups in total. The molecule has 0 bridgehead atoms. The lowest BCUT2D eigenvalue weighted by Gasteiger charge is -2.15. The van der Waals surface area contributed by atoms with Gasteiger partial charge >= 0.3 is 0 Å². The molecule has 1 unspecified atom stereocenters. The molecule has 0 spiro atoms. The van der Waals surface area contributed by atoms with E-state index < -0.39 is 5.82 Å². The number of carbonyl (C=O) groups is 1. The van der Waals surface area contributed by atoms with Gasteiger partial charge in [0.2, 0.25) is 0 Å². The van der Waals surface area contributed by atoms with Gasteiger partial charge in [-0.05, 0) is 32.9 Å². The Morgan fingerprint density at radius 1 is 1.48 bits per heavy atom. The van der Waals surface area contributed by atoms with Gasteiger partial charge in [-0.15, -0.1) is 11.3 Å². The van der Waals surface area contributed by atoms with E-state index in [0.717, 1.165) is 10.7 Å². The number of nitrogens with one attached hydrogen (secondary N) is 2. The maximum atomic E-state index is 13.8. The zero-order chi connectivity index (χ0) is 15.4. The number of aromatic nitrogens is 1. The number of nitrogens with zero attached hydrogens (tertiary/aromatic N) is 1. The van der Waals surface area contributed by atoms with Gasteiger partial charge in [-0.25, -0.2) is 9.37 Å². The van der Waals surface area contributed by atoms with E-state index in [2.05, 4.69) is 15.6 Å². The molecule has 0 aliphatic rings. The van der Waals surface area contributed by atoms with Crippen LogP contribution in [0.3, 0.4) is 0 Å². The second-order valence-corrected chi connectivity index (χ2v) is 5.60. The van der Waals surface area contributed by atoms with Crippen LogP contribution in [0.2, 0.25) is 0 Å². The van der Waals surface area contributed by atoms with Crippen LogP contribution in [0.25, 0.3) is 0 Å². The molecular weight excluding hydrogens is 289 g/mol. The third kappa shape index (κ3) is 3.58. The zero-order valence-corrected chi connectivity index (χ0v) is 13.1. The van der Waals surface area contributed by atoms with Gasteiger partial charge < -0.3 is 10.6 Å². The number of aryl methyl sites for hydroxylation is 1. The van der Waals surface area contributed by atoms with Crippen molar-refractivity contribution in [2.75, 3.05) is 11.9 Å². The molecule has 2 aromatic rings. The van der Waals surface area contributed by atoms with Gasteiger partial charge in [0.15, 0.2) is 0 Å². The van der Waals surface area contributed by atoms with Crippen molar-refractivity contribution < 1.29 is 9.18 Å². The van der Waals surface area contributed by atoms with Crippen LogP contribution in [0.4, 0.5) is 10.1 Å². The van der Waals surface area contributed by atoms with Crippen LogP contribution in [0.1, 0.15) is 40.9 Å². The fraction of sp³-hybridized carbons (Fsp3) is 0.333. The molecule has 0 fully saturated rings. The predicted molar refractivity (Wildman–Crippen MR) is 83.3 cm³/mol. The van der Waals surface area contributed by atoms with Crippen molar-refractivity contribution in [1.82, 2.24) is 10.3 Å². The lowest BCUT2D eigenvalue weighted by Crippen LogP contribution is -2.27. The lowest BCUT2D eigenvalue weighted by molar-refractivity contribution is 0.0940. The van der Waals surface area contributed by atoms with Crippen LogP contribution in [-0.4, -0.2) is 17.4 Å². The first-order valence-electron chi connectivity index (χ1n) is 6.78. The van der Waals surface area contributed by atoms with E-state index in [4.69, 9.17) is 0 Å². The summed E-state index contributed by atoms with van der Waals surface area (Å²) in [5.41, 5.74) is 1.46. The zero-order valence-electron chi connectivity index (χ0n) is 12.2. The van der Waals surface area contributed by atoms with Gasteiger partial charge in [-0.3, -0.25) is 4.79 Å². The second kappa shape index (κ2) is 6.67. The number of amides is 1. The molecule has 2 rings (SSSR count). The third-order valence-corrected chi connectivity index (χ3v) is 4.11. The van der Waals surface area contributed by atoms with Gasteiger partial charge in [0.05, 0.1) is 17.3 Å². The van der Waals surface area contributed by atoms with E-state index in [0.29, 0.717) is 12.1 Å². The Kier molecular flexibility index (Phi) is 4.90. The Hall–Kier alpha value is -1.95. The molecule has 1 heterocycles. The maximum absolute atomic E-state index is 13.8. The van der Waals surface area contributed by atoms with Crippen LogP contribution in [0.5, 0.6) is 0 Å². The SMILES string of the molecule is CCNc1c(F)cccc1C(=O)NC(C)c1nc(C)cs1. The van der Waals surface area contributed by atoms with Gasteiger partial charge in [-0.2, -0.15) is 0 Å². The van der Waals surface area contributed by atoms with Gasteiger partial charge in [0.25, 0.3) is 5.91 Å². The number of rotatable bonds is 5. The average Bonchev–Trinajstić information content (AvgIpc) is 2.88. The Morgan fingerprint density at radius 2 is 2.24 bits per heavy atom. The number of thiazole rings is 1. The first kappa shape index (κ1) is 15.4. The van der Waals surface area contributed by atoms with Crippen molar-refractivity contribution in [3.63, 3.8) is 0 Å². The molecule has 1 atom stereocenters. The van der Waals surface area contributed by atoms with E-state index in [1.54, 1.807) is 6.07 Å². The van der Waals surface area contributed by atoms with Crippen molar-refractivity contribution >= 4 is 22.9 Å². The molecule has 0 radical (unpaired) electrons. The number of carbonyl (C=O) groups excluding carboxylic acids is 1. The summed E-state index contributed by atoms with van der Waals surface area (Å²) in [6, 6.07) is 4.26. The monoisotopic (exact) mass is 307 g/mol. The van der Waals surface area contributed by atoms with E-state index in [9.17, 15) is 9.18 Å². The summed E-state index contributed by atoms with van der Waals surface area (Å²) in [5.74, 6) is -0.743. The standard InChI is InChI=1S/C15H18FN3OS/c1-4-17-13-11(6-5-7-12(13)16)14(20)19-10(3)15-18-9(2)8-21-15/h5-8,10,17H,4H2,1-3H3,(H,19,20). The van der Waals surface area contributed by atoms with Crippen LogP contribution < -0.4 is 10.6 Å². The summed E-state index contributed by atoms with van der Waals surface area (Å²) >= 11 is 1.50. The largest absolute Gasteiger partial charge is 0.382 e. The summed E-state index contributed by atoms with van der Waals surface area (Å²) in [7, 11) is 0. The van der Waals surface area contributed by atoms with E-state index in [-0.39, 0.29) is 17.6 Å². The third-order valence-electron chi connectivity index (χ3n) is 2.97. The maximum Gasteiger partial charge on any atom is 0.254 e. The number of hydrogen-bond acceptors (Lipinski definition) is 4. The highest BCUT2D eigenvalue weighted by Crippen LogP contribution is 2.22. The fourth-order valence-corrected chi connectivity index (χ4v) is 2.78. The molecule has 112 valence electrons. The van der Waals surface area contributed by atoms with Crippen LogP contribution in [-0.2, 0) is 0 Å². The summed E-state index contributed by atoms with van der Waals surface area (Å²) in [5, 5.41) is 8.52. The average molecular weight is 307 g/mol. The molecule has 6 heteroatoms. The Bertz CT molecular complexity index is 642. The Labute approximate surface area is 127 Å². The normalized spacial score (nSPS) is 12.0. The smallest absolute Gasteiger partial charge is 0.254 e. The number of halogens is 1. The molecule has 1 amide bonds. The number of para-hydroxylation sites is 1. The predicted octanol–water partition coefficient (Wildman–Crippen LogP) is 3.51. The Balaban J connectivity index is 2.18. The van der Waals surface area contributed by atoms with Crippen molar-refractivity contribution in [3.8, 4) is 0 Å². The van der Waals surface area contributed by atoms with Crippen LogP contribution >= 0.6 is 11.3 Å². The minimum Gasteiger partial charge on any atom is -0.382 e. The highest BCUT2D eigenvalue weighted by Gasteiger charge is 2.18. The lowest BCUT2D eigenvalue weighted by atomic mass is 10.1. The summed E-state index contributed by atoms with van der Waals surface area (Å²) in [6.07, 6.45) is 0. The quantitative estimate of drug-likeness (QED) is 0.888. The fourth-order valence-electron chi connectivity index (χ4n) is 1.98. The van der Waals surface area contributed by atoms with Gasteiger partial charge in [0.1, 0.15) is 10.8 Å². The number of anilines is 1. The minimum absolute atomic E-state index is 0.214. The number of benzene rings is 1. The van der Waals surface area contributed by atoms with Crippen LogP contribution in [0.15, 0.2) is 23.6 Å². The first-order chi connectivity index (χ1) is 10.0. The molecule has 21 heavy (non-hydrogen) atoms. The van der Waals surface area contributed by atoms with Gasteiger partial charge in [0, 0.05) is 17.6 Å². The van der Waals surface area contributed by atoms with Crippen molar-refractivity contribution in [2.24, 2.45) is 0 Å². The molecule has 0 saturated carbocycles. The van der Waals surface area contributed by atoms with Crippen LogP contribution in [0, 0.1) is 12.7 Å². The van der Waals surface area contributed by atoms with E-state index in [1.165, 1.54) is 23.5 Å². The minimum atomic E-state index is -0.428. The molecule has 1 aromatic carbocycles. The van der Waals surface area contributed by atoms with Gasteiger partial charge in [-0.1, -0.05) is 6.07 Å². The molecule has 4 nitrogen and oxygen atoms in total. The Morgan fingerprint density at radius 3 is 2.86 bits per heavy atom. The molecule has 0 aliphatic heterocycles. The molecular formula is C15H18FN3OS. The summed E-state index contributed by atoms with van der Waals surface area (Å²) in [6.45, 7) is 6.17. The van der Waals surface area contributed by atoms with E-state index in [1.807, 2.05) is 26.2 Å². The van der Waals surface area contributed by atoms with Crippen molar-refractivity contribution in [1.29, 1.82) is 0 Å². The summed E-state index contributed by atoms with van der Waals surface area (Å²) in [4.78, 5) is 16.7. The molecule has 1 aromatic heterocycles.